The standard InChI is InChI=1S/C22H22ClN3O5S/c1-14-22(25-15(2)27)20(31-26-14)11-9-16-8-10-19(30-3)21(12-16)32(28,29)24-13-17-6-4-5-7-18(17)23/h4-12,24H,13H2,1-3H3,(H,25,27)/b11-9-. The molecule has 3 aromatic rings. The summed E-state index contributed by atoms with van der Waals surface area (Å²) in [5.41, 5.74) is 2.21. The molecule has 1 amide bonds. The minimum absolute atomic E-state index is 0.0231. The van der Waals surface area contributed by atoms with Crippen molar-refractivity contribution in [2.45, 2.75) is 25.3 Å². The van der Waals surface area contributed by atoms with E-state index in [1.807, 2.05) is 0 Å². The molecule has 8 nitrogen and oxygen atoms in total. The van der Waals surface area contributed by atoms with Crippen molar-refractivity contribution in [1.29, 1.82) is 0 Å². The first-order valence-corrected chi connectivity index (χ1v) is 11.4. The molecular formula is C22H22ClN3O5S. The lowest BCUT2D eigenvalue weighted by molar-refractivity contribution is -0.114. The number of ether oxygens (including phenoxy) is 1. The fourth-order valence-corrected chi connectivity index (χ4v) is 4.31. The van der Waals surface area contributed by atoms with Gasteiger partial charge < -0.3 is 14.6 Å². The van der Waals surface area contributed by atoms with Gasteiger partial charge in [0.15, 0.2) is 5.76 Å². The maximum Gasteiger partial charge on any atom is 0.244 e. The summed E-state index contributed by atoms with van der Waals surface area (Å²) in [5, 5.41) is 6.98. The quantitative estimate of drug-likeness (QED) is 0.503. The van der Waals surface area contributed by atoms with E-state index in [0.717, 1.165) is 0 Å². The predicted octanol–water partition coefficient (Wildman–Crippen LogP) is 4.25. The first-order chi connectivity index (χ1) is 15.2. The SMILES string of the molecule is COc1ccc(/C=C\c2onc(C)c2NC(C)=O)cc1S(=O)(=O)NCc1ccccc1Cl. The summed E-state index contributed by atoms with van der Waals surface area (Å²) in [5.74, 6) is 0.284. The summed E-state index contributed by atoms with van der Waals surface area (Å²) in [6.07, 6.45) is 3.25. The van der Waals surface area contributed by atoms with Crippen LogP contribution in [0.15, 0.2) is 51.9 Å². The molecule has 0 aliphatic carbocycles. The van der Waals surface area contributed by atoms with Crippen LogP contribution in [0.4, 0.5) is 5.69 Å². The van der Waals surface area contributed by atoms with Gasteiger partial charge >= 0.3 is 0 Å². The number of carbonyl (C=O) groups is 1. The lowest BCUT2D eigenvalue weighted by atomic mass is 10.2. The highest BCUT2D eigenvalue weighted by Crippen LogP contribution is 2.27. The second-order valence-corrected chi connectivity index (χ2v) is 8.99. The van der Waals surface area contributed by atoms with E-state index in [1.54, 1.807) is 55.5 Å². The Morgan fingerprint density at radius 3 is 2.66 bits per heavy atom. The smallest absolute Gasteiger partial charge is 0.244 e. The fraction of sp³-hybridized carbons (Fsp3) is 0.182. The third-order valence-electron chi connectivity index (χ3n) is 4.50. The van der Waals surface area contributed by atoms with E-state index >= 15 is 0 Å². The minimum Gasteiger partial charge on any atom is -0.495 e. The highest BCUT2D eigenvalue weighted by atomic mass is 35.5. The van der Waals surface area contributed by atoms with Gasteiger partial charge in [0.1, 0.15) is 22.0 Å². The number of hydrogen-bond donors (Lipinski definition) is 2. The molecule has 0 unspecified atom stereocenters. The summed E-state index contributed by atoms with van der Waals surface area (Å²) in [7, 11) is -2.51. The molecule has 2 N–H and O–H groups in total. The van der Waals surface area contributed by atoms with Crippen LogP contribution < -0.4 is 14.8 Å². The Labute approximate surface area is 191 Å². The molecule has 0 spiro atoms. The first-order valence-electron chi connectivity index (χ1n) is 9.54. The topological polar surface area (TPSA) is 111 Å². The van der Waals surface area contributed by atoms with E-state index in [1.165, 1.54) is 20.1 Å². The molecule has 0 aliphatic rings. The second-order valence-electron chi connectivity index (χ2n) is 6.85. The number of aromatic nitrogens is 1. The number of sulfonamides is 1. The van der Waals surface area contributed by atoms with Gasteiger partial charge in [-0.1, -0.05) is 47.1 Å². The van der Waals surface area contributed by atoms with Crippen molar-refractivity contribution >= 4 is 45.4 Å². The van der Waals surface area contributed by atoms with E-state index < -0.39 is 10.0 Å². The number of aryl methyl sites for hydroxylation is 1. The first kappa shape index (κ1) is 23.5. The summed E-state index contributed by atoms with van der Waals surface area (Å²) >= 11 is 6.12. The Morgan fingerprint density at radius 2 is 1.97 bits per heavy atom. The predicted molar refractivity (Wildman–Crippen MR) is 123 cm³/mol. The zero-order valence-corrected chi connectivity index (χ0v) is 19.3. The fourth-order valence-electron chi connectivity index (χ4n) is 2.90. The molecule has 0 bridgehead atoms. The van der Waals surface area contributed by atoms with Crippen LogP contribution in [0.25, 0.3) is 12.2 Å². The summed E-state index contributed by atoms with van der Waals surface area (Å²) < 4.78 is 39.0. The molecule has 168 valence electrons. The molecule has 32 heavy (non-hydrogen) atoms. The van der Waals surface area contributed by atoms with E-state index in [9.17, 15) is 13.2 Å². The van der Waals surface area contributed by atoms with Gasteiger partial charge in [-0.3, -0.25) is 4.79 Å². The molecule has 10 heteroatoms. The van der Waals surface area contributed by atoms with Crippen molar-refractivity contribution in [1.82, 2.24) is 9.88 Å². The van der Waals surface area contributed by atoms with E-state index in [4.69, 9.17) is 20.9 Å². The van der Waals surface area contributed by atoms with Crippen molar-refractivity contribution in [2.75, 3.05) is 12.4 Å². The molecule has 0 fully saturated rings. The molecule has 2 aromatic carbocycles. The van der Waals surface area contributed by atoms with Gasteiger partial charge in [-0.2, -0.15) is 0 Å². The number of anilines is 1. The largest absolute Gasteiger partial charge is 0.495 e. The van der Waals surface area contributed by atoms with E-state index in [0.29, 0.717) is 33.3 Å². The number of amides is 1. The molecular weight excluding hydrogens is 454 g/mol. The lowest BCUT2D eigenvalue weighted by Gasteiger charge is -2.12. The third kappa shape index (κ3) is 5.56. The van der Waals surface area contributed by atoms with Crippen molar-refractivity contribution < 1.29 is 22.5 Å². The van der Waals surface area contributed by atoms with Crippen molar-refractivity contribution in [2.24, 2.45) is 0 Å². The summed E-state index contributed by atoms with van der Waals surface area (Å²) in [6, 6.07) is 11.7. The number of benzene rings is 2. The monoisotopic (exact) mass is 475 g/mol. The maximum atomic E-state index is 13.0. The zero-order valence-electron chi connectivity index (χ0n) is 17.7. The number of methoxy groups -OCH3 is 1. The van der Waals surface area contributed by atoms with Gasteiger partial charge in [0.25, 0.3) is 0 Å². The Balaban J connectivity index is 1.88. The van der Waals surface area contributed by atoms with Crippen LogP contribution >= 0.6 is 11.6 Å². The normalized spacial score (nSPS) is 11.6. The van der Waals surface area contributed by atoms with Gasteiger partial charge in [-0.05, 0) is 42.3 Å². The van der Waals surface area contributed by atoms with Gasteiger partial charge in [-0.25, -0.2) is 13.1 Å². The van der Waals surface area contributed by atoms with Gasteiger partial charge in [0.05, 0.1) is 7.11 Å². The van der Waals surface area contributed by atoms with Crippen LogP contribution in [0.3, 0.4) is 0 Å². The molecule has 0 saturated heterocycles. The number of rotatable bonds is 8. The Morgan fingerprint density at radius 1 is 1.22 bits per heavy atom. The molecule has 1 heterocycles. The van der Waals surface area contributed by atoms with Crippen molar-refractivity contribution in [3.63, 3.8) is 0 Å². The summed E-state index contributed by atoms with van der Waals surface area (Å²) in [4.78, 5) is 11.4. The molecule has 1 aromatic heterocycles. The highest BCUT2D eigenvalue weighted by molar-refractivity contribution is 7.89. The molecule has 0 aliphatic heterocycles. The van der Waals surface area contributed by atoms with Crippen LogP contribution in [0, 0.1) is 6.92 Å². The molecule has 0 saturated carbocycles. The minimum atomic E-state index is -3.90. The Hall–Kier alpha value is -3.14. The van der Waals surface area contributed by atoms with Crippen LogP contribution in [-0.4, -0.2) is 26.6 Å². The van der Waals surface area contributed by atoms with Crippen LogP contribution in [-0.2, 0) is 21.4 Å². The number of nitrogens with one attached hydrogen (secondary N) is 2. The van der Waals surface area contributed by atoms with Gasteiger partial charge in [-0.15, -0.1) is 0 Å². The Bertz CT molecular complexity index is 1270. The van der Waals surface area contributed by atoms with E-state index in [2.05, 4.69) is 15.2 Å². The van der Waals surface area contributed by atoms with Crippen molar-refractivity contribution in [3.05, 3.63) is 70.1 Å². The average molecular weight is 476 g/mol. The zero-order chi connectivity index (χ0) is 23.3. The van der Waals surface area contributed by atoms with Crippen LogP contribution in [0.1, 0.15) is 29.5 Å². The third-order valence-corrected chi connectivity index (χ3v) is 6.30. The van der Waals surface area contributed by atoms with E-state index in [-0.39, 0.29) is 23.1 Å². The molecule has 0 atom stereocenters. The number of nitrogens with zero attached hydrogens (tertiary/aromatic N) is 1. The van der Waals surface area contributed by atoms with Gasteiger partial charge in [0.2, 0.25) is 15.9 Å². The maximum absolute atomic E-state index is 13.0. The summed E-state index contributed by atoms with van der Waals surface area (Å²) in [6.45, 7) is 3.12. The van der Waals surface area contributed by atoms with Crippen LogP contribution in [0.2, 0.25) is 5.02 Å². The average Bonchev–Trinajstić information content (AvgIpc) is 3.10. The van der Waals surface area contributed by atoms with Crippen molar-refractivity contribution in [3.8, 4) is 5.75 Å². The number of halogens is 1. The number of carbonyl (C=O) groups excluding carboxylic acids is 1. The molecule has 0 radical (unpaired) electrons. The lowest BCUT2D eigenvalue weighted by Crippen LogP contribution is -2.24. The number of hydrogen-bond acceptors (Lipinski definition) is 6. The second kappa shape index (κ2) is 9.99. The molecule has 3 rings (SSSR count). The van der Waals surface area contributed by atoms with Gasteiger partial charge in [0, 0.05) is 18.5 Å². The van der Waals surface area contributed by atoms with Crippen LogP contribution in [0.5, 0.6) is 5.75 Å². The Kier molecular flexibility index (Phi) is 7.34. The highest BCUT2D eigenvalue weighted by Gasteiger charge is 2.20.